The largest absolute Gasteiger partial charge is 0.619 e. The van der Waals surface area contributed by atoms with E-state index >= 15 is 0 Å². The molecule has 1 N–H and O–H groups in total. The highest BCUT2D eigenvalue weighted by Crippen LogP contribution is 2.42. The molecule has 3 aliphatic rings. The standard InChI is InChI=1S/C38H41Cl2N3O7S/c1-4-42(35(24-8-6-5-7-9-24)38(46)50-34-22-41-14-12-23(34)13-15-41)19-26-17-28(36(51-26)37(44)45)27(18-29-30(39)20-43(47)21-31(29)40)25-10-11-32(48-2)33(16-25)49-3/h5-11,16-17,20-21,23,27,34-35H,4,12-15,18-19,22H2,1-3H3,(H,44,45)/t27-,34-,35?/m0/s1. The third kappa shape index (κ3) is 8.13. The van der Waals surface area contributed by atoms with Crippen LogP contribution in [0.15, 0.2) is 67.0 Å². The van der Waals surface area contributed by atoms with E-state index in [1.807, 2.05) is 54.3 Å². The minimum absolute atomic E-state index is 0.146. The van der Waals surface area contributed by atoms with Crippen LogP contribution in [-0.4, -0.2) is 73.3 Å². The predicted octanol–water partition coefficient (Wildman–Crippen LogP) is 6.98. The van der Waals surface area contributed by atoms with Crippen molar-refractivity contribution < 1.29 is 33.6 Å². The normalized spacial score (nSPS) is 19.5. The number of hydrogen-bond acceptors (Lipinski definition) is 9. The van der Waals surface area contributed by atoms with Gasteiger partial charge >= 0.3 is 11.9 Å². The fourth-order valence-corrected chi connectivity index (χ4v) is 9.03. The molecule has 3 saturated heterocycles. The van der Waals surface area contributed by atoms with Crippen molar-refractivity contribution in [3.05, 3.63) is 114 Å². The van der Waals surface area contributed by atoms with Gasteiger partial charge in [-0.1, -0.05) is 66.5 Å². The molecule has 3 aliphatic heterocycles. The minimum atomic E-state index is -1.08. The van der Waals surface area contributed by atoms with Crippen LogP contribution >= 0.6 is 34.5 Å². The molecule has 13 heteroatoms. The lowest BCUT2D eigenvalue weighted by atomic mass is 9.85. The molecule has 0 amide bonds. The first-order valence-electron chi connectivity index (χ1n) is 17.0. The van der Waals surface area contributed by atoms with E-state index in [1.54, 1.807) is 19.2 Å². The summed E-state index contributed by atoms with van der Waals surface area (Å²) >= 11 is 14.3. The number of nitrogens with zero attached hydrogens (tertiary/aromatic N) is 3. The Morgan fingerprint density at radius 3 is 2.29 bits per heavy atom. The molecule has 5 heterocycles. The number of hydrogen-bond donors (Lipinski definition) is 1. The summed E-state index contributed by atoms with van der Waals surface area (Å²) in [5.74, 6) is -0.590. The van der Waals surface area contributed by atoms with Gasteiger partial charge < -0.3 is 24.5 Å². The number of likely N-dealkylation sites (N-methyl/N-ethyl adjacent to an activating group) is 1. The smallest absolute Gasteiger partial charge is 0.346 e. The maximum Gasteiger partial charge on any atom is 0.346 e. The number of carboxylic acids is 1. The summed E-state index contributed by atoms with van der Waals surface area (Å²) in [5, 5.41) is 23.0. The first-order valence-corrected chi connectivity index (χ1v) is 18.5. The number of ether oxygens (including phenoxy) is 3. The van der Waals surface area contributed by atoms with E-state index in [2.05, 4.69) is 4.90 Å². The van der Waals surface area contributed by atoms with Crippen molar-refractivity contribution in [2.24, 2.45) is 5.92 Å². The van der Waals surface area contributed by atoms with E-state index < -0.39 is 17.9 Å². The van der Waals surface area contributed by atoms with Crippen LogP contribution in [0.2, 0.25) is 10.0 Å². The van der Waals surface area contributed by atoms with E-state index in [9.17, 15) is 19.9 Å². The Bertz CT molecular complexity index is 1840. The predicted molar refractivity (Wildman–Crippen MR) is 196 cm³/mol. The third-order valence-electron chi connectivity index (χ3n) is 9.99. The zero-order valence-corrected chi connectivity index (χ0v) is 31.0. The topological polar surface area (TPSA) is 115 Å². The Hall–Kier alpha value is -3.87. The van der Waals surface area contributed by atoms with Gasteiger partial charge in [-0.3, -0.25) is 9.80 Å². The molecule has 270 valence electrons. The Kier molecular flexibility index (Phi) is 11.7. The number of aromatic carboxylic acids is 1. The van der Waals surface area contributed by atoms with E-state index in [-0.39, 0.29) is 33.4 Å². The van der Waals surface area contributed by atoms with Gasteiger partial charge in [-0.2, -0.15) is 4.73 Å². The van der Waals surface area contributed by atoms with Gasteiger partial charge in [0.05, 0.1) is 14.2 Å². The Morgan fingerprint density at radius 2 is 1.71 bits per heavy atom. The van der Waals surface area contributed by atoms with Crippen LogP contribution < -0.4 is 14.2 Å². The third-order valence-corrected chi connectivity index (χ3v) is 11.8. The van der Waals surface area contributed by atoms with Crippen molar-refractivity contribution in [2.75, 3.05) is 40.4 Å². The van der Waals surface area contributed by atoms with E-state index in [0.29, 0.717) is 46.4 Å². The average Bonchev–Trinajstić information content (AvgIpc) is 3.55. The average molecular weight is 755 g/mol. The number of piperidine rings is 3. The number of thiophene rings is 1. The van der Waals surface area contributed by atoms with Crippen LogP contribution in [-0.2, 0) is 22.5 Å². The molecule has 10 nitrogen and oxygen atoms in total. The summed E-state index contributed by atoms with van der Waals surface area (Å²) in [6.07, 6.45) is 4.55. The second kappa shape index (κ2) is 16.2. The van der Waals surface area contributed by atoms with Gasteiger partial charge in [0, 0.05) is 29.4 Å². The number of esters is 1. The lowest BCUT2D eigenvalue weighted by molar-refractivity contribution is -0.605. The first-order chi connectivity index (χ1) is 24.6. The summed E-state index contributed by atoms with van der Waals surface area (Å²) < 4.78 is 17.9. The van der Waals surface area contributed by atoms with Crippen molar-refractivity contribution >= 4 is 46.5 Å². The van der Waals surface area contributed by atoms with Gasteiger partial charge in [-0.25, -0.2) is 9.59 Å². The van der Waals surface area contributed by atoms with Crippen LogP contribution in [0.4, 0.5) is 0 Å². The quantitative estimate of drug-likeness (QED) is 0.0828. The van der Waals surface area contributed by atoms with E-state index in [0.717, 1.165) is 48.5 Å². The van der Waals surface area contributed by atoms with Gasteiger partial charge in [0.1, 0.15) is 27.1 Å². The number of carbonyl (C=O) groups is 2. The lowest BCUT2D eigenvalue weighted by Crippen LogP contribution is -2.52. The second-order valence-electron chi connectivity index (χ2n) is 13.0. The second-order valence-corrected chi connectivity index (χ2v) is 14.9. The number of halogens is 2. The number of carboxylic acid groups (broad SMARTS) is 1. The van der Waals surface area contributed by atoms with Crippen LogP contribution in [0, 0.1) is 11.1 Å². The summed E-state index contributed by atoms with van der Waals surface area (Å²) in [6.45, 7) is 5.63. The zero-order valence-electron chi connectivity index (χ0n) is 28.7. The number of methoxy groups -OCH3 is 2. The Balaban J connectivity index is 1.38. The molecule has 0 radical (unpaired) electrons. The van der Waals surface area contributed by atoms with Crippen molar-refractivity contribution in [2.45, 2.75) is 50.8 Å². The van der Waals surface area contributed by atoms with E-state index in [4.69, 9.17) is 37.4 Å². The molecule has 0 aliphatic carbocycles. The molecule has 7 rings (SSSR count). The van der Waals surface area contributed by atoms with Gasteiger partial charge in [-0.15, -0.1) is 11.3 Å². The Labute approximate surface area is 311 Å². The number of fused-ring (bicyclic) bond motifs is 3. The molecular formula is C38H41Cl2N3O7S. The molecule has 4 aromatic rings. The van der Waals surface area contributed by atoms with Crippen LogP contribution in [0.1, 0.15) is 68.5 Å². The van der Waals surface area contributed by atoms with Crippen molar-refractivity contribution in [3.8, 4) is 11.5 Å². The van der Waals surface area contributed by atoms with Crippen LogP contribution in [0.25, 0.3) is 0 Å². The lowest BCUT2D eigenvalue weighted by Gasteiger charge is -2.44. The highest BCUT2D eigenvalue weighted by Gasteiger charge is 2.39. The molecule has 0 spiro atoms. The van der Waals surface area contributed by atoms with Gasteiger partial charge in [0.25, 0.3) is 0 Å². The highest BCUT2D eigenvalue weighted by atomic mass is 35.5. The molecule has 3 fully saturated rings. The number of rotatable bonds is 14. The molecule has 2 aromatic heterocycles. The summed E-state index contributed by atoms with van der Waals surface area (Å²) in [5.41, 5.74) is 2.60. The molecule has 2 bridgehead atoms. The van der Waals surface area contributed by atoms with Crippen LogP contribution in [0.5, 0.6) is 11.5 Å². The summed E-state index contributed by atoms with van der Waals surface area (Å²) in [7, 11) is 3.07. The highest BCUT2D eigenvalue weighted by molar-refractivity contribution is 7.14. The molecule has 0 saturated carbocycles. The number of aromatic nitrogens is 1. The fourth-order valence-electron chi connectivity index (χ4n) is 7.34. The fraction of sp³-hybridized carbons (Fsp3) is 0.395. The summed E-state index contributed by atoms with van der Waals surface area (Å²) in [6, 6.07) is 16.2. The molecule has 3 atom stereocenters. The zero-order chi connectivity index (χ0) is 36.2. The number of carbonyl (C=O) groups excluding carboxylic acids is 1. The molecule has 2 aromatic carbocycles. The SMILES string of the molecule is CCN(Cc1cc([C@@H](Cc2c(Cl)c[n+]([O-])cc2Cl)c2ccc(OC)c(OC)c2)c(C(=O)O)s1)C(C(=O)O[C@H]1CN2CCC1CC2)c1ccccc1. The number of benzene rings is 2. The van der Waals surface area contributed by atoms with Gasteiger partial charge in [0.15, 0.2) is 23.9 Å². The Morgan fingerprint density at radius 1 is 1.02 bits per heavy atom. The van der Waals surface area contributed by atoms with E-state index in [1.165, 1.54) is 30.8 Å². The first kappa shape index (κ1) is 36.9. The number of pyridine rings is 1. The maximum atomic E-state index is 14.1. The monoisotopic (exact) mass is 753 g/mol. The van der Waals surface area contributed by atoms with Gasteiger partial charge in [-0.05, 0) is 79.7 Å². The summed E-state index contributed by atoms with van der Waals surface area (Å²) in [4.78, 5) is 32.3. The molecule has 51 heavy (non-hydrogen) atoms. The molecular weight excluding hydrogens is 713 g/mol. The van der Waals surface area contributed by atoms with Crippen molar-refractivity contribution in [1.82, 2.24) is 9.80 Å². The van der Waals surface area contributed by atoms with Crippen LogP contribution in [0.3, 0.4) is 0 Å². The van der Waals surface area contributed by atoms with Crippen molar-refractivity contribution in [1.29, 1.82) is 0 Å². The molecule has 1 unspecified atom stereocenters. The maximum absolute atomic E-state index is 14.1. The minimum Gasteiger partial charge on any atom is -0.619 e. The van der Waals surface area contributed by atoms with Crippen molar-refractivity contribution in [3.63, 3.8) is 0 Å². The van der Waals surface area contributed by atoms with Gasteiger partial charge in [0.2, 0.25) is 0 Å².